The molecule has 0 fully saturated rings. The third kappa shape index (κ3) is 2.72. The minimum absolute atomic E-state index is 0.143. The molecule has 4 N–H and O–H groups in total. The lowest BCUT2D eigenvalue weighted by molar-refractivity contribution is -0.275. The minimum atomic E-state index is -4.79. The molecule has 84 valence electrons. The second-order valence-electron chi connectivity index (χ2n) is 2.88. The van der Waals surface area contributed by atoms with E-state index in [-0.39, 0.29) is 12.2 Å². The molecule has 1 heterocycles. The van der Waals surface area contributed by atoms with Crippen molar-refractivity contribution >= 4 is 5.69 Å². The highest BCUT2D eigenvalue weighted by molar-refractivity contribution is 5.56. The van der Waals surface area contributed by atoms with Crippen molar-refractivity contribution in [3.05, 3.63) is 17.3 Å². The molecule has 0 saturated carbocycles. The molecule has 0 saturated heterocycles. The first kappa shape index (κ1) is 11.6. The molecule has 0 bridgehead atoms. The van der Waals surface area contributed by atoms with Crippen LogP contribution < -0.4 is 16.2 Å². The lowest BCUT2D eigenvalue weighted by atomic mass is 10.1. The molecule has 0 aliphatic rings. The molecular formula is C8H10F3N3O. The van der Waals surface area contributed by atoms with Crippen LogP contribution in [0.2, 0.25) is 0 Å². The van der Waals surface area contributed by atoms with E-state index in [0.29, 0.717) is 11.1 Å². The molecule has 0 aliphatic carbocycles. The SMILES string of the molecule is Cc1c(CN)cnc(OC(F)(F)F)c1N. The van der Waals surface area contributed by atoms with Crippen molar-refractivity contribution in [2.45, 2.75) is 19.8 Å². The summed E-state index contributed by atoms with van der Waals surface area (Å²) >= 11 is 0. The van der Waals surface area contributed by atoms with Gasteiger partial charge in [-0.15, -0.1) is 13.2 Å². The number of nitrogens with zero attached hydrogens (tertiary/aromatic N) is 1. The van der Waals surface area contributed by atoms with Crippen LogP contribution in [0, 0.1) is 6.92 Å². The third-order valence-electron chi connectivity index (χ3n) is 1.89. The van der Waals surface area contributed by atoms with Crippen molar-refractivity contribution in [1.82, 2.24) is 4.98 Å². The van der Waals surface area contributed by atoms with E-state index in [1.807, 2.05) is 0 Å². The van der Waals surface area contributed by atoms with E-state index >= 15 is 0 Å². The molecule has 0 aromatic carbocycles. The van der Waals surface area contributed by atoms with Gasteiger partial charge in [-0.3, -0.25) is 0 Å². The lowest BCUT2D eigenvalue weighted by Crippen LogP contribution is -2.19. The van der Waals surface area contributed by atoms with Gasteiger partial charge in [0.05, 0.1) is 5.69 Å². The summed E-state index contributed by atoms with van der Waals surface area (Å²) in [5.74, 6) is -0.641. The predicted molar refractivity (Wildman–Crippen MR) is 48.0 cm³/mol. The lowest BCUT2D eigenvalue weighted by Gasteiger charge is -2.13. The minimum Gasteiger partial charge on any atom is -0.394 e. The van der Waals surface area contributed by atoms with E-state index in [9.17, 15) is 13.2 Å². The highest BCUT2D eigenvalue weighted by atomic mass is 19.4. The smallest absolute Gasteiger partial charge is 0.394 e. The van der Waals surface area contributed by atoms with Gasteiger partial charge in [0.25, 0.3) is 0 Å². The van der Waals surface area contributed by atoms with E-state index in [1.165, 1.54) is 6.20 Å². The Kier molecular flexibility index (Phi) is 3.04. The summed E-state index contributed by atoms with van der Waals surface area (Å²) in [6.07, 6.45) is -3.58. The second kappa shape index (κ2) is 3.93. The summed E-state index contributed by atoms with van der Waals surface area (Å²) in [5, 5.41) is 0. The Morgan fingerprint density at radius 1 is 1.47 bits per heavy atom. The Labute approximate surface area is 84.0 Å². The zero-order chi connectivity index (χ0) is 11.6. The van der Waals surface area contributed by atoms with Crippen LogP contribution in [0.4, 0.5) is 18.9 Å². The van der Waals surface area contributed by atoms with Gasteiger partial charge in [-0.1, -0.05) is 0 Å². The standard InChI is InChI=1S/C8H10F3N3O/c1-4-5(2-12)3-14-7(6(4)13)15-8(9,10)11/h3H,2,12-13H2,1H3. The van der Waals surface area contributed by atoms with Crippen molar-refractivity contribution in [3.63, 3.8) is 0 Å². The maximum absolute atomic E-state index is 11.9. The largest absolute Gasteiger partial charge is 0.574 e. The van der Waals surface area contributed by atoms with Crippen LogP contribution in [0.1, 0.15) is 11.1 Å². The number of rotatable bonds is 2. The Balaban J connectivity index is 3.07. The average Bonchev–Trinajstić information content (AvgIpc) is 2.11. The monoisotopic (exact) mass is 221 g/mol. The summed E-state index contributed by atoms with van der Waals surface area (Å²) in [5.41, 5.74) is 11.7. The van der Waals surface area contributed by atoms with E-state index in [1.54, 1.807) is 6.92 Å². The molecule has 7 heteroatoms. The number of halogens is 3. The topological polar surface area (TPSA) is 74.2 Å². The van der Waals surface area contributed by atoms with Gasteiger partial charge in [-0.2, -0.15) is 0 Å². The molecule has 1 aromatic rings. The first-order valence-corrected chi connectivity index (χ1v) is 4.05. The number of aromatic nitrogens is 1. The number of hydrogen-bond donors (Lipinski definition) is 2. The third-order valence-corrected chi connectivity index (χ3v) is 1.89. The van der Waals surface area contributed by atoms with Crippen LogP contribution in [0.15, 0.2) is 6.20 Å². The Bertz CT molecular complexity index is 365. The van der Waals surface area contributed by atoms with Crippen LogP contribution in [0.25, 0.3) is 0 Å². The molecule has 0 atom stereocenters. The molecule has 0 amide bonds. The van der Waals surface area contributed by atoms with E-state index in [4.69, 9.17) is 11.5 Å². The number of pyridine rings is 1. The number of ether oxygens (including phenoxy) is 1. The Morgan fingerprint density at radius 3 is 2.53 bits per heavy atom. The molecule has 0 aliphatic heterocycles. The molecule has 4 nitrogen and oxygen atoms in total. The normalized spacial score (nSPS) is 11.5. The molecule has 1 rings (SSSR count). The van der Waals surface area contributed by atoms with Gasteiger partial charge in [0.1, 0.15) is 0 Å². The Morgan fingerprint density at radius 2 is 2.07 bits per heavy atom. The molecular weight excluding hydrogens is 211 g/mol. The molecule has 15 heavy (non-hydrogen) atoms. The van der Waals surface area contributed by atoms with Crippen LogP contribution in [0.5, 0.6) is 5.88 Å². The predicted octanol–water partition coefficient (Wildman–Crippen LogP) is 1.33. The summed E-state index contributed by atoms with van der Waals surface area (Å²) in [6.45, 7) is 1.72. The molecule has 0 radical (unpaired) electrons. The van der Waals surface area contributed by atoms with Crippen LogP contribution >= 0.6 is 0 Å². The van der Waals surface area contributed by atoms with Crippen molar-refractivity contribution < 1.29 is 17.9 Å². The van der Waals surface area contributed by atoms with Gasteiger partial charge >= 0.3 is 6.36 Å². The number of hydrogen-bond acceptors (Lipinski definition) is 4. The zero-order valence-electron chi connectivity index (χ0n) is 7.93. The molecule has 1 aromatic heterocycles. The van der Waals surface area contributed by atoms with Gasteiger partial charge < -0.3 is 16.2 Å². The van der Waals surface area contributed by atoms with Gasteiger partial charge in [0.15, 0.2) is 0 Å². The first-order valence-electron chi connectivity index (χ1n) is 4.05. The van der Waals surface area contributed by atoms with E-state index in [2.05, 4.69) is 9.72 Å². The second-order valence-corrected chi connectivity index (χ2v) is 2.88. The number of anilines is 1. The van der Waals surface area contributed by atoms with Crippen LogP contribution in [-0.2, 0) is 6.54 Å². The van der Waals surface area contributed by atoms with Gasteiger partial charge in [-0.25, -0.2) is 4.98 Å². The first-order chi connectivity index (χ1) is 6.85. The van der Waals surface area contributed by atoms with Crippen molar-refractivity contribution in [3.8, 4) is 5.88 Å². The van der Waals surface area contributed by atoms with E-state index < -0.39 is 12.2 Å². The average molecular weight is 221 g/mol. The van der Waals surface area contributed by atoms with Gasteiger partial charge in [0.2, 0.25) is 5.88 Å². The molecule has 0 unspecified atom stereocenters. The van der Waals surface area contributed by atoms with Crippen molar-refractivity contribution in [2.75, 3.05) is 5.73 Å². The summed E-state index contributed by atoms with van der Waals surface area (Å²) in [6, 6.07) is 0. The number of nitrogen functional groups attached to an aromatic ring is 1. The zero-order valence-corrected chi connectivity index (χ0v) is 7.93. The summed E-state index contributed by atoms with van der Waals surface area (Å²) in [4.78, 5) is 3.45. The van der Waals surface area contributed by atoms with Gasteiger partial charge in [-0.05, 0) is 18.1 Å². The van der Waals surface area contributed by atoms with Crippen molar-refractivity contribution in [1.29, 1.82) is 0 Å². The fraction of sp³-hybridized carbons (Fsp3) is 0.375. The maximum atomic E-state index is 11.9. The Hall–Kier alpha value is -1.50. The van der Waals surface area contributed by atoms with E-state index in [0.717, 1.165) is 0 Å². The fourth-order valence-corrected chi connectivity index (χ4v) is 1.03. The highest BCUT2D eigenvalue weighted by Crippen LogP contribution is 2.29. The maximum Gasteiger partial charge on any atom is 0.574 e. The molecule has 0 spiro atoms. The summed E-state index contributed by atoms with van der Waals surface area (Å²) < 4.78 is 39.3. The number of alkyl halides is 3. The van der Waals surface area contributed by atoms with Crippen LogP contribution in [-0.4, -0.2) is 11.3 Å². The van der Waals surface area contributed by atoms with Gasteiger partial charge in [0, 0.05) is 12.7 Å². The van der Waals surface area contributed by atoms with Crippen LogP contribution in [0.3, 0.4) is 0 Å². The van der Waals surface area contributed by atoms with Crippen molar-refractivity contribution in [2.24, 2.45) is 5.73 Å². The summed E-state index contributed by atoms with van der Waals surface area (Å²) in [7, 11) is 0. The number of nitrogens with two attached hydrogens (primary N) is 2. The fourth-order valence-electron chi connectivity index (χ4n) is 1.03. The highest BCUT2D eigenvalue weighted by Gasteiger charge is 2.33. The quantitative estimate of drug-likeness (QED) is 0.790.